The number of carbonyl (C=O) groups excluding carboxylic acids is 1. The molecule has 2 aliphatic rings. The Morgan fingerprint density at radius 2 is 1.91 bits per heavy atom. The number of hydrogen-bond donors (Lipinski definition) is 1. The first kappa shape index (κ1) is 22.6. The van der Waals surface area contributed by atoms with Crippen molar-refractivity contribution in [1.29, 1.82) is 0 Å². The SMILES string of the molecule is CC(=O)N1CCN(CC#Cc2cc3nc(-c4cccc(O)c4)nc(N4CCOCC4)c3s2)CC1. The van der Waals surface area contributed by atoms with Gasteiger partial charge in [-0.3, -0.25) is 9.69 Å². The summed E-state index contributed by atoms with van der Waals surface area (Å²) in [5.74, 6) is 8.42. The predicted octanol–water partition coefficient (Wildman–Crippen LogP) is 2.42. The van der Waals surface area contributed by atoms with E-state index < -0.39 is 0 Å². The molecular formula is C25H27N5O3S. The third kappa shape index (κ3) is 4.99. The van der Waals surface area contributed by atoms with Crippen LogP contribution in [-0.2, 0) is 9.53 Å². The fourth-order valence-corrected chi connectivity index (χ4v) is 5.19. The van der Waals surface area contributed by atoms with Crippen LogP contribution in [0.1, 0.15) is 11.8 Å². The van der Waals surface area contributed by atoms with Gasteiger partial charge < -0.3 is 19.6 Å². The number of phenols is 1. The van der Waals surface area contributed by atoms with Crippen LogP contribution >= 0.6 is 11.3 Å². The zero-order valence-corrected chi connectivity index (χ0v) is 20.0. The van der Waals surface area contributed by atoms with E-state index in [4.69, 9.17) is 14.7 Å². The Hall–Kier alpha value is -3.19. The number of phenolic OH excluding ortho intramolecular Hbond substituents is 1. The lowest BCUT2D eigenvalue weighted by atomic mass is 10.2. The highest BCUT2D eigenvalue weighted by Gasteiger charge is 2.20. The van der Waals surface area contributed by atoms with Gasteiger partial charge in [0, 0.05) is 51.8 Å². The minimum atomic E-state index is 0.137. The molecule has 9 heteroatoms. The highest BCUT2D eigenvalue weighted by molar-refractivity contribution is 7.20. The van der Waals surface area contributed by atoms with Crippen molar-refractivity contribution in [3.8, 4) is 29.0 Å². The molecule has 0 radical (unpaired) electrons. The molecule has 1 N–H and O–H groups in total. The van der Waals surface area contributed by atoms with Crippen molar-refractivity contribution >= 4 is 33.3 Å². The number of carbonyl (C=O) groups is 1. The standard InChI is InChI=1S/C25H27N5O3S/c1-18(31)29-10-8-28(9-11-29)7-3-6-21-17-22-23(34-21)25(30-12-14-33-15-13-30)27-24(26-22)19-4-2-5-20(32)16-19/h2,4-5,16-17,32H,7-15H2,1H3. The van der Waals surface area contributed by atoms with Crippen molar-refractivity contribution < 1.29 is 14.6 Å². The zero-order chi connectivity index (χ0) is 23.5. The predicted molar refractivity (Wildman–Crippen MR) is 133 cm³/mol. The summed E-state index contributed by atoms with van der Waals surface area (Å²) in [5.41, 5.74) is 1.64. The van der Waals surface area contributed by atoms with Crippen LogP contribution in [0.2, 0.25) is 0 Å². The Morgan fingerprint density at radius 3 is 2.65 bits per heavy atom. The maximum atomic E-state index is 11.5. The minimum absolute atomic E-state index is 0.137. The van der Waals surface area contributed by atoms with E-state index in [1.165, 1.54) is 0 Å². The largest absolute Gasteiger partial charge is 0.508 e. The van der Waals surface area contributed by atoms with E-state index >= 15 is 0 Å². The molecule has 4 heterocycles. The van der Waals surface area contributed by atoms with E-state index in [9.17, 15) is 9.90 Å². The minimum Gasteiger partial charge on any atom is -0.508 e. The lowest BCUT2D eigenvalue weighted by molar-refractivity contribution is -0.130. The molecule has 8 nitrogen and oxygen atoms in total. The second kappa shape index (κ2) is 9.97. The number of amides is 1. The van der Waals surface area contributed by atoms with Gasteiger partial charge in [0.2, 0.25) is 5.91 Å². The second-order valence-corrected chi connectivity index (χ2v) is 9.48. The van der Waals surface area contributed by atoms with Crippen molar-refractivity contribution in [2.75, 3.05) is 63.9 Å². The Balaban J connectivity index is 1.41. The molecule has 34 heavy (non-hydrogen) atoms. The van der Waals surface area contributed by atoms with Gasteiger partial charge in [-0.1, -0.05) is 24.0 Å². The van der Waals surface area contributed by atoms with Crippen LogP contribution in [0, 0.1) is 11.8 Å². The lowest BCUT2D eigenvalue weighted by Crippen LogP contribution is -2.47. The normalized spacial score (nSPS) is 17.0. The smallest absolute Gasteiger partial charge is 0.219 e. The number of rotatable bonds is 3. The molecular weight excluding hydrogens is 450 g/mol. The van der Waals surface area contributed by atoms with Crippen molar-refractivity contribution in [3.05, 3.63) is 35.2 Å². The molecule has 1 aromatic carbocycles. The fraction of sp³-hybridized carbons (Fsp3) is 0.400. The van der Waals surface area contributed by atoms with Crippen LogP contribution in [0.3, 0.4) is 0 Å². The molecule has 1 amide bonds. The van der Waals surface area contributed by atoms with Gasteiger partial charge in [-0.05, 0) is 18.2 Å². The number of nitrogens with zero attached hydrogens (tertiary/aromatic N) is 5. The van der Waals surface area contributed by atoms with E-state index in [2.05, 4.69) is 21.6 Å². The first-order valence-corrected chi connectivity index (χ1v) is 12.3. The van der Waals surface area contributed by atoms with Crippen LogP contribution in [0.4, 0.5) is 5.82 Å². The van der Waals surface area contributed by atoms with Gasteiger partial charge in [-0.25, -0.2) is 9.97 Å². The molecule has 3 aromatic rings. The highest BCUT2D eigenvalue weighted by Crippen LogP contribution is 2.34. The Labute approximate surface area is 202 Å². The summed E-state index contributed by atoms with van der Waals surface area (Å²) in [4.78, 5) is 28.6. The Morgan fingerprint density at radius 1 is 1.12 bits per heavy atom. The third-order valence-electron chi connectivity index (χ3n) is 6.10. The molecule has 2 saturated heterocycles. The molecule has 176 valence electrons. The van der Waals surface area contributed by atoms with Crippen LogP contribution in [0.5, 0.6) is 5.75 Å². The second-order valence-electron chi connectivity index (χ2n) is 8.43. The molecule has 5 rings (SSSR count). The average molecular weight is 478 g/mol. The summed E-state index contributed by atoms with van der Waals surface area (Å²) in [6.45, 7) is 8.40. The topological polar surface area (TPSA) is 82.0 Å². The zero-order valence-electron chi connectivity index (χ0n) is 19.2. The van der Waals surface area contributed by atoms with Gasteiger partial charge >= 0.3 is 0 Å². The third-order valence-corrected chi connectivity index (χ3v) is 7.14. The maximum Gasteiger partial charge on any atom is 0.219 e. The summed E-state index contributed by atoms with van der Waals surface area (Å²) in [6, 6.07) is 9.06. The van der Waals surface area contributed by atoms with Crippen molar-refractivity contribution in [1.82, 2.24) is 19.8 Å². The summed E-state index contributed by atoms with van der Waals surface area (Å²) in [7, 11) is 0. The number of anilines is 1. The van der Waals surface area contributed by atoms with Crippen LogP contribution < -0.4 is 4.90 Å². The first-order chi connectivity index (χ1) is 16.6. The average Bonchev–Trinajstić information content (AvgIpc) is 3.27. The Bertz CT molecular complexity index is 1250. The molecule has 2 fully saturated rings. The van der Waals surface area contributed by atoms with Crippen molar-refractivity contribution in [2.45, 2.75) is 6.92 Å². The molecule has 0 saturated carbocycles. The van der Waals surface area contributed by atoms with Gasteiger partial charge in [-0.15, -0.1) is 11.3 Å². The number of morpholine rings is 1. The molecule has 0 unspecified atom stereocenters. The number of piperazine rings is 1. The quantitative estimate of drug-likeness (QED) is 0.580. The van der Waals surface area contributed by atoms with Crippen LogP contribution in [-0.4, -0.2) is 89.8 Å². The number of hydrogen-bond acceptors (Lipinski definition) is 8. The number of aromatic nitrogens is 2. The molecule has 0 bridgehead atoms. The maximum absolute atomic E-state index is 11.5. The van der Waals surface area contributed by atoms with Crippen LogP contribution in [0.25, 0.3) is 21.6 Å². The fourth-order valence-electron chi connectivity index (χ4n) is 4.20. The van der Waals surface area contributed by atoms with Gasteiger partial charge in [0.15, 0.2) is 11.6 Å². The summed E-state index contributed by atoms with van der Waals surface area (Å²) in [6.07, 6.45) is 0. The van der Waals surface area contributed by atoms with Gasteiger partial charge in [0.05, 0.1) is 34.9 Å². The van der Waals surface area contributed by atoms with E-state index in [0.717, 1.165) is 65.7 Å². The number of benzene rings is 1. The van der Waals surface area contributed by atoms with E-state index in [1.54, 1.807) is 36.5 Å². The summed E-state index contributed by atoms with van der Waals surface area (Å²) in [5, 5.41) is 9.93. The Kier molecular flexibility index (Phi) is 6.63. The molecule has 0 spiro atoms. The number of thiophene rings is 1. The molecule has 2 aromatic heterocycles. The van der Waals surface area contributed by atoms with Gasteiger partial charge in [0.1, 0.15) is 5.75 Å². The van der Waals surface area contributed by atoms with Gasteiger partial charge in [-0.2, -0.15) is 0 Å². The van der Waals surface area contributed by atoms with Crippen LogP contribution in [0.15, 0.2) is 30.3 Å². The van der Waals surface area contributed by atoms with Crippen molar-refractivity contribution in [2.24, 2.45) is 0 Å². The van der Waals surface area contributed by atoms with E-state index in [-0.39, 0.29) is 11.7 Å². The highest BCUT2D eigenvalue weighted by atomic mass is 32.1. The number of ether oxygens (including phenoxy) is 1. The van der Waals surface area contributed by atoms with Gasteiger partial charge in [0.25, 0.3) is 0 Å². The molecule has 2 aliphatic heterocycles. The molecule has 0 aliphatic carbocycles. The number of aromatic hydroxyl groups is 1. The monoisotopic (exact) mass is 477 g/mol. The van der Waals surface area contributed by atoms with E-state index in [0.29, 0.717) is 25.6 Å². The number of fused-ring (bicyclic) bond motifs is 1. The lowest BCUT2D eigenvalue weighted by Gasteiger charge is -2.32. The van der Waals surface area contributed by atoms with E-state index in [1.807, 2.05) is 17.0 Å². The summed E-state index contributed by atoms with van der Waals surface area (Å²) < 4.78 is 6.55. The molecule has 0 atom stereocenters. The summed E-state index contributed by atoms with van der Waals surface area (Å²) >= 11 is 1.61. The van der Waals surface area contributed by atoms with Crippen molar-refractivity contribution in [3.63, 3.8) is 0 Å². The first-order valence-electron chi connectivity index (χ1n) is 11.5.